The van der Waals surface area contributed by atoms with Gasteiger partial charge in [0, 0.05) is 38.2 Å². The molecule has 231 valence electrons. The zero-order valence-electron chi connectivity index (χ0n) is 26.7. The summed E-state index contributed by atoms with van der Waals surface area (Å²) in [6.45, 7) is 7.53. The average Bonchev–Trinajstić information content (AvgIpc) is 3.59. The van der Waals surface area contributed by atoms with Crippen LogP contribution < -0.4 is 4.40 Å². The van der Waals surface area contributed by atoms with Crippen molar-refractivity contribution >= 4 is 50.8 Å². The van der Waals surface area contributed by atoms with Crippen LogP contribution in [0.1, 0.15) is 26.3 Å². The summed E-state index contributed by atoms with van der Waals surface area (Å²) < 4.78 is 9.77. The standard InChI is InChI=1S/C20H14N3O.C18H24GeN.Ir/c1-2-23-17-11-4-3-10-16(17)22-19(23)15-8-5-7-13-14-9-6-12-21-20(14)24-18(13)15;1-14(2)11-16-12-18(15-9-7-6-8-10-15)20-13-17(16)19(3,4)5;/h3-7,9-12H,2H2,1H3;6-9,12-14H,11H2,1-5H3;/q2*-1;. The minimum absolute atomic E-state index is 0. The van der Waals surface area contributed by atoms with Gasteiger partial charge in [-0.1, -0.05) is 23.1 Å². The summed E-state index contributed by atoms with van der Waals surface area (Å²) in [5.74, 6) is 8.87. The number of fused-ring (bicyclic) bond motifs is 4. The summed E-state index contributed by atoms with van der Waals surface area (Å²) in [6, 6.07) is 33.0. The van der Waals surface area contributed by atoms with E-state index in [4.69, 9.17) is 14.4 Å². The molecular formula is C38H38GeIrN4O-2. The van der Waals surface area contributed by atoms with Crippen molar-refractivity contribution < 1.29 is 24.5 Å². The van der Waals surface area contributed by atoms with Gasteiger partial charge in [0.1, 0.15) is 0 Å². The number of hydrogen-bond donors (Lipinski definition) is 0. The number of benzene rings is 3. The number of nitrogens with zero attached hydrogens (tertiary/aromatic N) is 4. The largest absolute Gasteiger partial charge is 0.486 e. The molecule has 0 saturated carbocycles. The molecule has 0 unspecified atom stereocenters. The molecule has 0 bridgehead atoms. The van der Waals surface area contributed by atoms with E-state index in [0.29, 0.717) is 11.6 Å². The number of imidazole rings is 1. The first-order valence-electron chi connectivity index (χ1n) is 15.3. The van der Waals surface area contributed by atoms with E-state index in [1.54, 1.807) is 10.6 Å². The van der Waals surface area contributed by atoms with Gasteiger partial charge in [-0.05, 0) is 31.2 Å². The van der Waals surface area contributed by atoms with Crippen molar-refractivity contribution in [1.29, 1.82) is 0 Å². The molecule has 7 rings (SSSR count). The number of aryl methyl sites for hydroxylation is 1. The molecule has 0 N–H and O–H groups in total. The summed E-state index contributed by atoms with van der Waals surface area (Å²) in [7, 11) is 0. The quantitative estimate of drug-likeness (QED) is 0.124. The molecule has 45 heavy (non-hydrogen) atoms. The van der Waals surface area contributed by atoms with E-state index in [2.05, 4.69) is 84.1 Å². The predicted octanol–water partition coefficient (Wildman–Crippen LogP) is 9.11. The number of para-hydroxylation sites is 2. The third-order valence-corrected chi connectivity index (χ3v) is 12.1. The SMILES string of the molecule is CC(C)Cc1cc(-c2[c-]cccc2)nc[c]1[Ge]([CH3])([CH3])[CH3].CCn1c(-c2[c-]ccc3c2oc2ncccc23)nc2ccccc21.[Ir]. The van der Waals surface area contributed by atoms with Crippen molar-refractivity contribution in [2.75, 3.05) is 0 Å². The third-order valence-electron chi connectivity index (χ3n) is 7.81. The number of furan rings is 1. The van der Waals surface area contributed by atoms with Crippen molar-refractivity contribution in [1.82, 2.24) is 19.5 Å². The van der Waals surface area contributed by atoms with E-state index in [-0.39, 0.29) is 20.1 Å². The first-order valence-corrected chi connectivity index (χ1v) is 22.7. The first kappa shape index (κ1) is 32.8. The summed E-state index contributed by atoms with van der Waals surface area (Å²) in [6.07, 6.45) is 5.02. The summed E-state index contributed by atoms with van der Waals surface area (Å²) in [5.41, 5.74) is 8.05. The fourth-order valence-electron chi connectivity index (χ4n) is 5.81. The molecule has 0 spiro atoms. The Morgan fingerprint density at radius 1 is 0.889 bits per heavy atom. The van der Waals surface area contributed by atoms with Crippen molar-refractivity contribution in [3.8, 4) is 22.6 Å². The molecule has 4 heterocycles. The Labute approximate surface area is 281 Å². The van der Waals surface area contributed by atoms with Crippen LogP contribution in [-0.2, 0) is 33.1 Å². The zero-order valence-corrected chi connectivity index (χ0v) is 31.2. The van der Waals surface area contributed by atoms with Crippen molar-refractivity contribution in [2.24, 2.45) is 5.92 Å². The molecule has 4 aromatic heterocycles. The topological polar surface area (TPSA) is 56.7 Å². The molecule has 0 amide bonds. The van der Waals surface area contributed by atoms with Gasteiger partial charge in [0.05, 0.1) is 22.4 Å². The minimum Gasteiger partial charge on any atom is -0.486 e. The van der Waals surface area contributed by atoms with Crippen LogP contribution in [0.4, 0.5) is 0 Å². The monoisotopic (exact) mass is 833 g/mol. The van der Waals surface area contributed by atoms with E-state index in [1.807, 2.05) is 60.7 Å². The van der Waals surface area contributed by atoms with Crippen LogP contribution in [0.15, 0.2) is 95.7 Å². The molecule has 0 aliphatic rings. The van der Waals surface area contributed by atoms with Crippen LogP contribution in [0.2, 0.25) is 17.3 Å². The Morgan fingerprint density at radius 2 is 1.69 bits per heavy atom. The molecular weight excluding hydrogens is 793 g/mol. The summed E-state index contributed by atoms with van der Waals surface area (Å²) in [4.78, 5) is 13.9. The smallest absolute Gasteiger partial charge is 0.216 e. The maximum atomic E-state index is 6.04. The Bertz CT molecular complexity index is 2060. The third kappa shape index (κ3) is 6.84. The van der Waals surface area contributed by atoms with Crippen LogP contribution >= 0.6 is 0 Å². The second-order valence-electron chi connectivity index (χ2n) is 12.6. The van der Waals surface area contributed by atoms with E-state index in [1.165, 1.54) is 5.56 Å². The van der Waals surface area contributed by atoms with E-state index in [0.717, 1.165) is 63.0 Å². The van der Waals surface area contributed by atoms with Crippen LogP contribution in [0, 0.1) is 18.1 Å². The zero-order chi connectivity index (χ0) is 30.8. The second-order valence-corrected chi connectivity index (χ2v) is 23.1. The molecule has 0 aliphatic carbocycles. The van der Waals surface area contributed by atoms with Crippen LogP contribution in [0.3, 0.4) is 0 Å². The molecule has 0 aliphatic heterocycles. The fraction of sp³-hybridized carbons (Fsp3) is 0.237. The van der Waals surface area contributed by atoms with Gasteiger partial charge >= 0.3 is 126 Å². The average molecular weight is 832 g/mol. The molecule has 7 heteroatoms. The second kappa shape index (κ2) is 13.8. The van der Waals surface area contributed by atoms with Crippen molar-refractivity contribution in [3.05, 3.63) is 109 Å². The van der Waals surface area contributed by atoms with Gasteiger partial charge in [0.25, 0.3) is 0 Å². The van der Waals surface area contributed by atoms with Gasteiger partial charge in [-0.3, -0.25) is 4.98 Å². The molecule has 0 fully saturated rings. The van der Waals surface area contributed by atoms with E-state index in [9.17, 15) is 0 Å². The molecule has 0 saturated heterocycles. The molecule has 1 radical (unpaired) electrons. The van der Waals surface area contributed by atoms with Crippen LogP contribution in [-0.4, -0.2) is 32.8 Å². The predicted molar refractivity (Wildman–Crippen MR) is 185 cm³/mol. The minimum atomic E-state index is -1.86. The van der Waals surface area contributed by atoms with Crippen molar-refractivity contribution in [3.63, 3.8) is 0 Å². The van der Waals surface area contributed by atoms with Crippen LogP contribution in [0.25, 0.3) is 55.7 Å². The van der Waals surface area contributed by atoms with E-state index >= 15 is 0 Å². The van der Waals surface area contributed by atoms with Gasteiger partial charge in [0.2, 0.25) is 5.71 Å². The molecule has 3 aromatic carbocycles. The first-order chi connectivity index (χ1) is 21.2. The Balaban J connectivity index is 0.000000177. The van der Waals surface area contributed by atoms with Crippen LogP contribution in [0.5, 0.6) is 0 Å². The maximum absolute atomic E-state index is 6.04. The number of rotatable bonds is 6. The molecule has 0 atom stereocenters. The van der Waals surface area contributed by atoms with Gasteiger partial charge in [0.15, 0.2) is 0 Å². The van der Waals surface area contributed by atoms with E-state index < -0.39 is 13.3 Å². The summed E-state index contributed by atoms with van der Waals surface area (Å²) in [5, 5.41) is 2.06. The Kier molecular flexibility index (Phi) is 10.1. The van der Waals surface area contributed by atoms with Gasteiger partial charge in [-0.25, -0.2) is 4.98 Å². The number of pyridine rings is 2. The maximum Gasteiger partial charge on any atom is 0.216 e. The fourth-order valence-corrected chi connectivity index (χ4v) is 9.14. The normalized spacial score (nSPS) is 11.5. The van der Waals surface area contributed by atoms with Gasteiger partial charge in [-0.2, -0.15) is 0 Å². The molecule has 5 nitrogen and oxygen atoms in total. The Morgan fingerprint density at radius 3 is 2.42 bits per heavy atom. The van der Waals surface area contributed by atoms with Gasteiger partial charge in [-0.15, -0.1) is 18.2 Å². The number of aromatic nitrogens is 4. The summed E-state index contributed by atoms with van der Waals surface area (Å²) >= 11 is -1.86. The van der Waals surface area contributed by atoms with Crippen molar-refractivity contribution in [2.45, 2.75) is 51.0 Å². The number of hydrogen-bond acceptors (Lipinski definition) is 4. The molecule has 7 aromatic rings. The van der Waals surface area contributed by atoms with Gasteiger partial charge < -0.3 is 8.98 Å². The Hall–Kier alpha value is -3.58.